The Morgan fingerprint density at radius 1 is 0.971 bits per heavy atom. The number of methoxy groups -OCH3 is 3. The number of rotatable bonds is 9. The van der Waals surface area contributed by atoms with Gasteiger partial charge in [-0.25, -0.2) is 4.79 Å². The van der Waals surface area contributed by atoms with Crippen molar-refractivity contribution in [3.63, 3.8) is 0 Å². The van der Waals surface area contributed by atoms with Crippen molar-refractivity contribution in [3.8, 4) is 17.2 Å². The average Bonchev–Trinajstić information content (AvgIpc) is 3.06. The summed E-state index contributed by atoms with van der Waals surface area (Å²) in [5, 5.41) is 10.5. The summed E-state index contributed by atoms with van der Waals surface area (Å²) in [7, 11) is 4.70. The first kappa shape index (κ1) is 24.8. The number of amides is 3. The number of imide groups is 1. The number of likely N-dealkylation sites (tertiary alicyclic amines) is 1. The van der Waals surface area contributed by atoms with Gasteiger partial charge in [0.15, 0.2) is 11.5 Å². The summed E-state index contributed by atoms with van der Waals surface area (Å²) in [5.41, 5.74) is 0.715. The van der Waals surface area contributed by atoms with Crippen LogP contribution in [0.5, 0.6) is 17.2 Å². The molecule has 2 aromatic carbocycles. The highest BCUT2D eigenvalue weighted by Crippen LogP contribution is 2.39. The van der Waals surface area contributed by atoms with Crippen LogP contribution in [0.2, 0.25) is 0 Å². The summed E-state index contributed by atoms with van der Waals surface area (Å²) in [6.45, 7) is 2.67. The normalized spacial score (nSPS) is 17.9. The molecule has 1 spiro atoms. The molecule has 9 nitrogen and oxygen atoms in total. The maximum absolute atomic E-state index is 13.7. The number of carbonyl (C=O) groups excluding carboxylic acids is 2. The largest absolute Gasteiger partial charge is 0.504 e. The number of aromatic hydroxyl groups is 1. The Morgan fingerprint density at radius 3 is 2.40 bits per heavy atom. The van der Waals surface area contributed by atoms with E-state index in [4.69, 9.17) is 14.2 Å². The summed E-state index contributed by atoms with van der Waals surface area (Å²) in [6, 6.07) is 12.6. The molecule has 1 N–H and O–H groups in total. The van der Waals surface area contributed by atoms with Crippen LogP contribution in [0.4, 0.5) is 4.79 Å². The Hall–Kier alpha value is -3.30. The molecular formula is C26H33N3O6. The monoisotopic (exact) mass is 483 g/mol. The Bertz CT molecular complexity index is 1070. The second-order valence-electron chi connectivity index (χ2n) is 8.95. The lowest BCUT2D eigenvalue weighted by molar-refractivity contribution is -0.136. The molecule has 2 heterocycles. The third-order valence-electron chi connectivity index (χ3n) is 7.00. The SMILES string of the molecule is COCCN1C(=O)N(Cc2cccc(OC)c2)C(=O)C12CCN(Cc1cccc(OC)c1O)CC2. The van der Waals surface area contributed by atoms with Crippen LogP contribution in [0.15, 0.2) is 42.5 Å². The first-order chi connectivity index (χ1) is 16.9. The number of piperidine rings is 1. The number of carbonyl (C=O) groups is 2. The number of urea groups is 1. The minimum Gasteiger partial charge on any atom is -0.504 e. The number of phenolic OH excluding ortho intramolecular Hbond substituents is 1. The molecule has 2 fully saturated rings. The van der Waals surface area contributed by atoms with Crippen molar-refractivity contribution in [1.29, 1.82) is 0 Å². The van der Waals surface area contributed by atoms with Crippen LogP contribution >= 0.6 is 0 Å². The topological polar surface area (TPSA) is 91.8 Å². The molecule has 2 aromatic rings. The van der Waals surface area contributed by atoms with E-state index in [1.807, 2.05) is 36.4 Å². The van der Waals surface area contributed by atoms with E-state index < -0.39 is 5.54 Å². The quantitative estimate of drug-likeness (QED) is 0.549. The van der Waals surface area contributed by atoms with Crippen LogP contribution in [0, 0.1) is 0 Å². The number of nitrogens with zero attached hydrogens (tertiary/aromatic N) is 3. The molecule has 4 rings (SSSR count). The molecule has 0 bridgehead atoms. The zero-order valence-corrected chi connectivity index (χ0v) is 20.5. The zero-order chi connectivity index (χ0) is 25.0. The van der Waals surface area contributed by atoms with E-state index >= 15 is 0 Å². The van der Waals surface area contributed by atoms with Gasteiger partial charge in [-0.05, 0) is 36.6 Å². The summed E-state index contributed by atoms with van der Waals surface area (Å²) in [6.07, 6.45) is 1.03. The van der Waals surface area contributed by atoms with Gasteiger partial charge in [-0.3, -0.25) is 14.6 Å². The van der Waals surface area contributed by atoms with E-state index in [9.17, 15) is 14.7 Å². The third kappa shape index (κ3) is 4.78. The van der Waals surface area contributed by atoms with Crippen LogP contribution in [-0.4, -0.2) is 84.9 Å². The van der Waals surface area contributed by atoms with Gasteiger partial charge in [-0.15, -0.1) is 0 Å². The number of phenols is 1. The number of para-hydroxylation sites is 1. The predicted octanol–water partition coefficient (Wildman–Crippen LogP) is 2.85. The van der Waals surface area contributed by atoms with Gasteiger partial charge in [0, 0.05) is 38.9 Å². The van der Waals surface area contributed by atoms with E-state index in [0.29, 0.717) is 57.1 Å². The van der Waals surface area contributed by atoms with Gasteiger partial charge in [0.2, 0.25) is 0 Å². The van der Waals surface area contributed by atoms with E-state index in [-0.39, 0.29) is 24.2 Å². The summed E-state index contributed by atoms with van der Waals surface area (Å²) >= 11 is 0. The molecule has 0 atom stereocenters. The number of benzene rings is 2. The standard InChI is InChI=1S/C26H33N3O6/c1-33-15-14-29-25(32)28(17-19-6-4-8-21(16-19)34-2)24(31)26(29)10-12-27(13-11-26)18-20-7-5-9-22(35-3)23(20)30/h4-9,16,30H,10-15,17-18H2,1-3H3. The van der Waals surface area contributed by atoms with Crippen LogP contribution in [0.25, 0.3) is 0 Å². The van der Waals surface area contributed by atoms with Crippen LogP contribution in [0.1, 0.15) is 24.0 Å². The lowest BCUT2D eigenvalue weighted by Gasteiger charge is -2.42. The van der Waals surface area contributed by atoms with Gasteiger partial charge >= 0.3 is 6.03 Å². The van der Waals surface area contributed by atoms with Crippen molar-refractivity contribution < 1.29 is 28.9 Å². The minimum absolute atomic E-state index is 0.133. The Labute approximate surface area is 205 Å². The summed E-state index contributed by atoms with van der Waals surface area (Å²) < 4.78 is 15.8. The van der Waals surface area contributed by atoms with Gasteiger partial charge < -0.3 is 24.2 Å². The first-order valence-corrected chi connectivity index (χ1v) is 11.8. The second kappa shape index (κ2) is 10.5. The van der Waals surface area contributed by atoms with Gasteiger partial charge in [0.1, 0.15) is 11.3 Å². The Kier molecular flexibility index (Phi) is 7.47. The maximum Gasteiger partial charge on any atom is 0.328 e. The fourth-order valence-electron chi connectivity index (χ4n) is 5.03. The van der Waals surface area contributed by atoms with E-state index in [2.05, 4.69) is 4.90 Å². The molecule has 9 heteroatoms. The molecule has 0 saturated carbocycles. The van der Waals surface area contributed by atoms with Gasteiger partial charge in [-0.2, -0.15) is 0 Å². The fraction of sp³-hybridized carbons (Fsp3) is 0.462. The van der Waals surface area contributed by atoms with Crippen LogP contribution in [0.3, 0.4) is 0 Å². The molecule has 0 unspecified atom stereocenters. The molecule has 2 aliphatic rings. The lowest BCUT2D eigenvalue weighted by Crippen LogP contribution is -2.57. The lowest BCUT2D eigenvalue weighted by atomic mass is 9.85. The second-order valence-corrected chi connectivity index (χ2v) is 8.95. The molecular weight excluding hydrogens is 450 g/mol. The predicted molar refractivity (Wildman–Crippen MR) is 129 cm³/mol. The van der Waals surface area contributed by atoms with E-state index in [0.717, 1.165) is 11.1 Å². The van der Waals surface area contributed by atoms with Crippen molar-refractivity contribution in [3.05, 3.63) is 53.6 Å². The van der Waals surface area contributed by atoms with Crippen LogP contribution < -0.4 is 9.47 Å². The van der Waals surface area contributed by atoms with Crippen molar-refractivity contribution in [1.82, 2.24) is 14.7 Å². The summed E-state index contributed by atoms with van der Waals surface area (Å²) in [4.78, 5) is 32.4. The van der Waals surface area contributed by atoms with Crippen molar-refractivity contribution >= 4 is 11.9 Å². The van der Waals surface area contributed by atoms with Crippen LogP contribution in [-0.2, 0) is 22.6 Å². The molecule has 35 heavy (non-hydrogen) atoms. The molecule has 0 aliphatic carbocycles. The Morgan fingerprint density at radius 2 is 1.71 bits per heavy atom. The van der Waals surface area contributed by atoms with Gasteiger partial charge in [-0.1, -0.05) is 24.3 Å². The smallest absolute Gasteiger partial charge is 0.328 e. The van der Waals surface area contributed by atoms with Gasteiger partial charge in [0.05, 0.1) is 27.4 Å². The molecule has 0 radical (unpaired) electrons. The van der Waals surface area contributed by atoms with E-state index in [1.54, 1.807) is 25.2 Å². The number of ether oxygens (including phenoxy) is 3. The third-order valence-corrected chi connectivity index (χ3v) is 7.00. The highest BCUT2D eigenvalue weighted by Gasteiger charge is 2.57. The average molecular weight is 484 g/mol. The fourth-order valence-corrected chi connectivity index (χ4v) is 5.03. The van der Waals surface area contributed by atoms with E-state index in [1.165, 1.54) is 12.0 Å². The van der Waals surface area contributed by atoms with Crippen molar-refractivity contribution in [2.75, 3.05) is 47.6 Å². The maximum atomic E-state index is 13.7. The highest BCUT2D eigenvalue weighted by atomic mass is 16.5. The highest BCUT2D eigenvalue weighted by molar-refractivity contribution is 6.07. The number of hydrogen-bond donors (Lipinski definition) is 1. The van der Waals surface area contributed by atoms with Crippen molar-refractivity contribution in [2.45, 2.75) is 31.5 Å². The molecule has 2 saturated heterocycles. The minimum atomic E-state index is -0.887. The van der Waals surface area contributed by atoms with Gasteiger partial charge in [0.25, 0.3) is 5.91 Å². The number of hydrogen-bond acceptors (Lipinski definition) is 7. The molecule has 0 aromatic heterocycles. The van der Waals surface area contributed by atoms with Crippen molar-refractivity contribution in [2.24, 2.45) is 0 Å². The molecule has 2 aliphatic heterocycles. The Balaban J connectivity index is 1.51. The molecule has 3 amide bonds. The molecule has 188 valence electrons. The summed E-state index contributed by atoms with van der Waals surface area (Å²) in [5.74, 6) is 1.09. The first-order valence-electron chi connectivity index (χ1n) is 11.8. The zero-order valence-electron chi connectivity index (χ0n) is 20.5.